The van der Waals surface area contributed by atoms with E-state index < -0.39 is 17.8 Å². The quantitative estimate of drug-likeness (QED) is 0.890. The molecule has 0 heterocycles. The largest absolute Gasteiger partial charge is 0.478 e. The van der Waals surface area contributed by atoms with Gasteiger partial charge in [-0.05, 0) is 36.5 Å². The highest BCUT2D eigenvalue weighted by Gasteiger charge is 2.34. The van der Waals surface area contributed by atoms with Crippen LogP contribution in [-0.4, -0.2) is 35.6 Å². The molecule has 1 aromatic rings. The lowest BCUT2D eigenvalue weighted by Gasteiger charge is -2.18. The molecule has 0 aromatic heterocycles. The van der Waals surface area contributed by atoms with E-state index in [1.54, 1.807) is 7.05 Å². The van der Waals surface area contributed by atoms with E-state index in [0.29, 0.717) is 18.4 Å². The summed E-state index contributed by atoms with van der Waals surface area (Å²) >= 11 is 0. The maximum absolute atomic E-state index is 13.6. The topological polar surface area (TPSA) is 69.6 Å². The van der Waals surface area contributed by atoms with Gasteiger partial charge in [-0.15, -0.1) is 0 Å². The summed E-state index contributed by atoms with van der Waals surface area (Å²) in [6.45, 7) is 2.74. The lowest BCUT2D eigenvalue weighted by Crippen LogP contribution is -2.33. The van der Waals surface area contributed by atoms with Gasteiger partial charge in [0.1, 0.15) is 5.82 Å². The van der Waals surface area contributed by atoms with E-state index in [2.05, 4.69) is 12.2 Å². The lowest BCUT2D eigenvalue weighted by atomic mass is 10.2. The number of carboxylic acids is 1. The fourth-order valence-electron chi connectivity index (χ4n) is 2.05. The molecule has 1 aliphatic carbocycles. The van der Waals surface area contributed by atoms with Crippen molar-refractivity contribution in [3.63, 3.8) is 0 Å². The second kappa shape index (κ2) is 5.48. The predicted octanol–water partition coefficient (Wildman–Crippen LogP) is 2.64. The van der Waals surface area contributed by atoms with Gasteiger partial charge in [0.25, 0.3) is 0 Å². The molecule has 6 heteroatoms. The van der Waals surface area contributed by atoms with Gasteiger partial charge in [-0.3, -0.25) is 0 Å². The van der Waals surface area contributed by atoms with E-state index in [0.717, 1.165) is 24.6 Å². The normalized spacial score (nSPS) is 20.4. The maximum atomic E-state index is 13.6. The van der Waals surface area contributed by atoms with Crippen LogP contribution < -0.4 is 5.32 Å². The third kappa shape index (κ3) is 3.26. The lowest BCUT2D eigenvalue weighted by molar-refractivity contribution is 0.0697. The number of rotatable bonds is 4. The van der Waals surface area contributed by atoms with Crippen molar-refractivity contribution in [2.24, 2.45) is 11.8 Å². The first-order valence-electron chi connectivity index (χ1n) is 6.43. The molecule has 2 rings (SSSR count). The molecule has 1 aliphatic rings. The van der Waals surface area contributed by atoms with E-state index >= 15 is 0 Å². The molecule has 1 saturated carbocycles. The second-order valence-corrected chi connectivity index (χ2v) is 5.28. The van der Waals surface area contributed by atoms with Crippen LogP contribution in [0.1, 0.15) is 23.7 Å². The highest BCUT2D eigenvalue weighted by atomic mass is 19.1. The molecule has 0 bridgehead atoms. The van der Waals surface area contributed by atoms with Crippen LogP contribution in [0.15, 0.2) is 18.2 Å². The summed E-state index contributed by atoms with van der Waals surface area (Å²) in [5.74, 6) is -0.699. The molecular formula is C14H17FN2O3. The van der Waals surface area contributed by atoms with Crippen molar-refractivity contribution in [1.29, 1.82) is 0 Å². The number of benzene rings is 1. The number of halogens is 1. The van der Waals surface area contributed by atoms with Gasteiger partial charge in [0, 0.05) is 13.6 Å². The second-order valence-electron chi connectivity index (χ2n) is 5.28. The Balaban J connectivity index is 2.02. The highest BCUT2D eigenvalue weighted by molar-refractivity contribution is 5.93. The van der Waals surface area contributed by atoms with Gasteiger partial charge >= 0.3 is 12.0 Å². The molecule has 20 heavy (non-hydrogen) atoms. The molecule has 0 radical (unpaired) electrons. The number of nitrogens with one attached hydrogen (secondary N) is 1. The summed E-state index contributed by atoms with van der Waals surface area (Å²) in [7, 11) is 1.64. The van der Waals surface area contributed by atoms with E-state index in [1.165, 1.54) is 4.90 Å². The smallest absolute Gasteiger partial charge is 0.335 e. The Morgan fingerprint density at radius 1 is 1.50 bits per heavy atom. The Labute approximate surface area is 116 Å². The van der Waals surface area contributed by atoms with Crippen LogP contribution in [0.2, 0.25) is 0 Å². The van der Waals surface area contributed by atoms with Crippen molar-refractivity contribution in [1.82, 2.24) is 4.90 Å². The molecule has 2 unspecified atom stereocenters. The van der Waals surface area contributed by atoms with Crippen LogP contribution in [0.25, 0.3) is 0 Å². The molecule has 0 spiro atoms. The zero-order valence-electron chi connectivity index (χ0n) is 11.4. The highest BCUT2D eigenvalue weighted by Crippen LogP contribution is 2.38. The summed E-state index contributed by atoms with van der Waals surface area (Å²) in [4.78, 5) is 24.2. The summed E-state index contributed by atoms with van der Waals surface area (Å²) in [6, 6.07) is 2.86. The Morgan fingerprint density at radius 3 is 2.70 bits per heavy atom. The summed E-state index contributed by atoms with van der Waals surface area (Å²) < 4.78 is 13.6. The fourth-order valence-corrected chi connectivity index (χ4v) is 2.05. The van der Waals surface area contributed by atoms with Crippen molar-refractivity contribution in [2.75, 3.05) is 18.9 Å². The third-order valence-electron chi connectivity index (χ3n) is 3.59. The molecule has 2 atom stereocenters. The average molecular weight is 280 g/mol. The minimum absolute atomic E-state index is 0.0693. The third-order valence-corrected chi connectivity index (χ3v) is 3.59. The van der Waals surface area contributed by atoms with E-state index in [1.807, 2.05) is 0 Å². The number of anilines is 1. The Morgan fingerprint density at radius 2 is 2.15 bits per heavy atom. The van der Waals surface area contributed by atoms with Gasteiger partial charge in [-0.25, -0.2) is 14.0 Å². The Bertz CT molecular complexity index is 547. The van der Waals surface area contributed by atoms with Gasteiger partial charge in [-0.2, -0.15) is 0 Å². The first-order valence-corrected chi connectivity index (χ1v) is 6.43. The van der Waals surface area contributed by atoms with Crippen LogP contribution >= 0.6 is 0 Å². The van der Waals surface area contributed by atoms with E-state index in [4.69, 9.17) is 5.11 Å². The van der Waals surface area contributed by atoms with Crippen molar-refractivity contribution >= 4 is 17.7 Å². The number of urea groups is 1. The van der Waals surface area contributed by atoms with Gasteiger partial charge in [-0.1, -0.05) is 6.92 Å². The van der Waals surface area contributed by atoms with Crippen LogP contribution in [0.3, 0.4) is 0 Å². The van der Waals surface area contributed by atoms with Crippen molar-refractivity contribution < 1.29 is 19.1 Å². The van der Waals surface area contributed by atoms with Crippen LogP contribution in [0.4, 0.5) is 14.9 Å². The number of amides is 2. The summed E-state index contributed by atoms with van der Waals surface area (Å²) in [5, 5.41) is 11.3. The Hall–Kier alpha value is -2.11. The number of hydrogen-bond acceptors (Lipinski definition) is 2. The molecule has 2 N–H and O–H groups in total. The maximum Gasteiger partial charge on any atom is 0.335 e. The van der Waals surface area contributed by atoms with Crippen LogP contribution in [0.5, 0.6) is 0 Å². The van der Waals surface area contributed by atoms with E-state index in [-0.39, 0.29) is 11.3 Å². The minimum atomic E-state index is -1.17. The molecule has 2 amide bonds. The molecule has 108 valence electrons. The van der Waals surface area contributed by atoms with Gasteiger partial charge < -0.3 is 15.3 Å². The molecule has 1 fully saturated rings. The number of carboxylic acid groups (broad SMARTS) is 1. The number of nitrogens with zero attached hydrogens (tertiary/aromatic N) is 1. The van der Waals surface area contributed by atoms with Crippen molar-refractivity contribution in [3.05, 3.63) is 29.6 Å². The van der Waals surface area contributed by atoms with Gasteiger partial charge in [0.05, 0.1) is 11.3 Å². The number of carbonyl (C=O) groups excluding carboxylic acids is 1. The zero-order valence-corrected chi connectivity index (χ0v) is 11.4. The van der Waals surface area contributed by atoms with Crippen LogP contribution in [0, 0.1) is 17.7 Å². The number of hydrogen-bond donors (Lipinski definition) is 2. The molecule has 0 saturated heterocycles. The number of carbonyl (C=O) groups is 2. The van der Waals surface area contributed by atoms with Crippen molar-refractivity contribution in [3.8, 4) is 0 Å². The fraction of sp³-hybridized carbons (Fsp3) is 0.429. The zero-order chi connectivity index (χ0) is 14.9. The van der Waals surface area contributed by atoms with Gasteiger partial charge in [0.15, 0.2) is 0 Å². The molecule has 5 nitrogen and oxygen atoms in total. The van der Waals surface area contributed by atoms with Crippen LogP contribution in [-0.2, 0) is 0 Å². The SMILES string of the molecule is CC1CC1CN(C)C(=O)Nc1cc(C(=O)O)ccc1F. The standard InChI is InChI=1S/C14H17FN2O3/c1-8-5-10(8)7-17(2)14(20)16-12-6-9(13(18)19)3-4-11(12)15/h3-4,6,8,10H,5,7H2,1-2H3,(H,16,20)(H,18,19). The van der Waals surface area contributed by atoms with Gasteiger partial charge in [0.2, 0.25) is 0 Å². The minimum Gasteiger partial charge on any atom is -0.478 e. The molecular weight excluding hydrogens is 263 g/mol. The average Bonchev–Trinajstić information content (AvgIpc) is 3.07. The Kier molecular flexibility index (Phi) is 3.92. The summed E-state index contributed by atoms with van der Waals surface area (Å²) in [6.07, 6.45) is 1.10. The first-order chi connectivity index (χ1) is 9.38. The summed E-state index contributed by atoms with van der Waals surface area (Å²) in [5.41, 5.74) is -0.189. The predicted molar refractivity (Wildman–Crippen MR) is 72.3 cm³/mol. The monoisotopic (exact) mass is 280 g/mol. The molecule has 0 aliphatic heterocycles. The molecule has 1 aromatic carbocycles. The number of aromatic carboxylic acids is 1. The van der Waals surface area contributed by atoms with E-state index in [9.17, 15) is 14.0 Å². The first kappa shape index (κ1) is 14.3. The van der Waals surface area contributed by atoms with Crippen molar-refractivity contribution in [2.45, 2.75) is 13.3 Å².